The van der Waals surface area contributed by atoms with E-state index in [9.17, 15) is 0 Å². The van der Waals surface area contributed by atoms with Crippen LogP contribution >= 0.6 is 23.2 Å². The number of benzene rings is 2. The molecule has 0 bridgehead atoms. The van der Waals surface area contributed by atoms with Gasteiger partial charge >= 0.3 is 0 Å². The minimum absolute atomic E-state index is 0.401. The molecule has 1 nitrogen and oxygen atoms in total. The molecule has 17 heavy (non-hydrogen) atoms. The molecule has 2 aromatic rings. The van der Waals surface area contributed by atoms with E-state index in [0.29, 0.717) is 16.7 Å². The molecular weight excluding hydrogens is 255 g/mol. The molecule has 3 heteroatoms. The fourth-order valence-electron chi connectivity index (χ4n) is 1.52. The summed E-state index contributed by atoms with van der Waals surface area (Å²) in [6.07, 6.45) is 0. The lowest BCUT2D eigenvalue weighted by molar-refractivity contribution is 0.475. The molecule has 0 radical (unpaired) electrons. The Kier molecular flexibility index (Phi) is 3.93. The van der Waals surface area contributed by atoms with Crippen molar-refractivity contribution >= 4 is 23.2 Å². The van der Waals surface area contributed by atoms with E-state index in [2.05, 4.69) is 0 Å². The van der Waals surface area contributed by atoms with Crippen LogP contribution in [0.3, 0.4) is 0 Å². The summed E-state index contributed by atoms with van der Waals surface area (Å²) in [5.74, 6) is 1.93. The van der Waals surface area contributed by atoms with Crippen LogP contribution in [0.5, 0.6) is 11.5 Å². The molecule has 0 spiro atoms. The first kappa shape index (κ1) is 12.3. The lowest BCUT2D eigenvalue weighted by Crippen LogP contribution is -1.91. The zero-order valence-electron chi connectivity index (χ0n) is 9.41. The highest BCUT2D eigenvalue weighted by molar-refractivity contribution is 6.30. The third-order valence-corrected chi connectivity index (χ3v) is 3.01. The predicted octanol–water partition coefficient (Wildman–Crippen LogP) is 5.18. The van der Waals surface area contributed by atoms with E-state index in [1.54, 1.807) is 6.07 Å². The van der Waals surface area contributed by atoms with E-state index >= 15 is 0 Å². The number of para-hydroxylation sites is 1. The number of alkyl halides is 1. The lowest BCUT2D eigenvalue weighted by atomic mass is 10.2. The van der Waals surface area contributed by atoms with Gasteiger partial charge in [0.15, 0.2) is 0 Å². The molecular formula is C14H12Cl2O. The Bertz CT molecular complexity index is 523. The summed E-state index contributed by atoms with van der Waals surface area (Å²) < 4.78 is 5.84. The monoisotopic (exact) mass is 266 g/mol. The highest BCUT2D eigenvalue weighted by Crippen LogP contribution is 2.30. The van der Waals surface area contributed by atoms with Gasteiger partial charge in [0.1, 0.15) is 11.5 Å². The molecule has 0 amide bonds. The van der Waals surface area contributed by atoms with E-state index in [1.165, 1.54) is 0 Å². The summed E-state index contributed by atoms with van der Waals surface area (Å²) in [4.78, 5) is 0. The van der Waals surface area contributed by atoms with Crippen LogP contribution in [0.15, 0.2) is 42.5 Å². The van der Waals surface area contributed by atoms with Crippen molar-refractivity contribution in [2.45, 2.75) is 12.8 Å². The quantitative estimate of drug-likeness (QED) is 0.696. The van der Waals surface area contributed by atoms with Gasteiger partial charge in [-0.15, -0.1) is 11.6 Å². The van der Waals surface area contributed by atoms with Gasteiger partial charge in [-0.1, -0.05) is 35.9 Å². The molecule has 2 rings (SSSR count). The first-order valence-corrected chi connectivity index (χ1v) is 6.20. The van der Waals surface area contributed by atoms with Crippen molar-refractivity contribution in [1.82, 2.24) is 0 Å². The molecule has 0 atom stereocenters. The van der Waals surface area contributed by atoms with Gasteiger partial charge < -0.3 is 4.74 Å². The van der Waals surface area contributed by atoms with E-state index in [4.69, 9.17) is 27.9 Å². The highest BCUT2D eigenvalue weighted by Gasteiger charge is 2.06. The fraction of sp³-hybridized carbons (Fsp3) is 0.143. The Morgan fingerprint density at radius 2 is 1.82 bits per heavy atom. The average molecular weight is 267 g/mol. The Balaban J connectivity index is 2.35. The summed E-state index contributed by atoms with van der Waals surface area (Å²) in [7, 11) is 0. The predicted molar refractivity (Wildman–Crippen MR) is 72.3 cm³/mol. The molecule has 0 aliphatic rings. The van der Waals surface area contributed by atoms with Crippen molar-refractivity contribution in [3.8, 4) is 11.5 Å². The van der Waals surface area contributed by atoms with Crippen molar-refractivity contribution in [1.29, 1.82) is 0 Å². The number of rotatable bonds is 3. The zero-order valence-corrected chi connectivity index (χ0v) is 10.9. The number of ether oxygens (including phenoxy) is 1. The number of aryl methyl sites for hydroxylation is 1. The minimum atomic E-state index is 0.401. The molecule has 0 fully saturated rings. The van der Waals surface area contributed by atoms with Crippen LogP contribution in [-0.2, 0) is 5.88 Å². The Morgan fingerprint density at radius 1 is 1.06 bits per heavy atom. The van der Waals surface area contributed by atoms with Crippen LogP contribution in [-0.4, -0.2) is 0 Å². The fourth-order valence-corrected chi connectivity index (χ4v) is 1.91. The SMILES string of the molecule is Cc1ccccc1Oc1cc(Cl)ccc1CCl. The minimum Gasteiger partial charge on any atom is -0.457 e. The topological polar surface area (TPSA) is 9.23 Å². The maximum absolute atomic E-state index is 5.96. The maximum atomic E-state index is 5.96. The first-order chi connectivity index (χ1) is 8.20. The Labute approximate surface area is 111 Å². The van der Waals surface area contributed by atoms with E-state index in [-0.39, 0.29) is 0 Å². The first-order valence-electron chi connectivity index (χ1n) is 5.28. The van der Waals surface area contributed by atoms with Gasteiger partial charge in [0.25, 0.3) is 0 Å². The summed E-state index contributed by atoms with van der Waals surface area (Å²) in [5.41, 5.74) is 2.01. The lowest BCUT2D eigenvalue weighted by Gasteiger charge is -2.11. The second-order valence-electron chi connectivity index (χ2n) is 3.75. The maximum Gasteiger partial charge on any atom is 0.133 e. The largest absolute Gasteiger partial charge is 0.457 e. The summed E-state index contributed by atoms with van der Waals surface area (Å²) in [6.45, 7) is 2.00. The summed E-state index contributed by atoms with van der Waals surface area (Å²) in [6, 6.07) is 13.3. The molecule has 0 heterocycles. The molecule has 88 valence electrons. The highest BCUT2D eigenvalue weighted by atomic mass is 35.5. The Morgan fingerprint density at radius 3 is 2.53 bits per heavy atom. The van der Waals surface area contributed by atoms with E-state index in [1.807, 2.05) is 43.3 Å². The van der Waals surface area contributed by atoms with Crippen LogP contribution in [0.2, 0.25) is 5.02 Å². The van der Waals surface area contributed by atoms with Crippen LogP contribution in [0.1, 0.15) is 11.1 Å². The van der Waals surface area contributed by atoms with Gasteiger partial charge in [-0.2, -0.15) is 0 Å². The standard InChI is InChI=1S/C14H12Cl2O/c1-10-4-2-3-5-13(10)17-14-8-12(16)7-6-11(14)9-15/h2-8H,9H2,1H3. The second-order valence-corrected chi connectivity index (χ2v) is 4.46. The number of halogens is 2. The average Bonchev–Trinajstić information content (AvgIpc) is 2.32. The van der Waals surface area contributed by atoms with Gasteiger partial charge in [0.2, 0.25) is 0 Å². The molecule has 2 aromatic carbocycles. The third kappa shape index (κ3) is 2.93. The van der Waals surface area contributed by atoms with Gasteiger partial charge in [0, 0.05) is 10.6 Å². The van der Waals surface area contributed by atoms with E-state index in [0.717, 1.165) is 16.9 Å². The summed E-state index contributed by atoms with van der Waals surface area (Å²) >= 11 is 11.8. The van der Waals surface area contributed by atoms with Crippen molar-refractivity contribution in [2.75, 3.05) is 0 Å². The van der Waals surface area contributed by atoms with Crippen LogP contribution < -0.4 is 4.74 Å². The van der Waals surface area contributed by atoms with Gasteiger partial charge in [-0.3, -0.25) is 0 Å². The van der Waals surface area contributed by atoms with Crippen molar-refractivity contribution < 1.29 is 4.74 Å². The second kappa shape index (κ2) is 5.44. The van der Waals surface area contributed by atoms with E-state index < -0.39 is 0 Å². The van der Waals surface area contributed by atoms with Crippen LogP contribution in [0.4, 0.5) is 0 Å². The van der Waals surface area contributed by atoms with Crippen LogP contribution in [0, 0.1) is 6.92 Å². The van der Waals surface area contributed by atoms with Crippen LogP contribution in [0.25, 0.3) is 0 Å². The van der Waals surface area contributed by atoms with Crippen molar-refractivity contribution in [2.24, 2.45) is 0 Å². The van der Waals surface area contributed by atoms with Gasteiger partial charge in [-0.25, -0.2) is 0 Å². The third-order valence-electron chi connectivity index (χ3n) is 2.49. The molecule has 0 aliphatic heterocycles. The van der Waals surface area contributed by atoms with Crippen molar-refractivity contribution in [3.63, 3.8) is 0 Å². The number of hydrogen-bond donors (Lipinski definition) is 0. The zero-order chi connectivity index (χ0) is 12.3. The van der Waals surface area contributed by atoms with Crippen molar-refractivity contribution in [3.05, 3.63) is 58.6 Å². The molecule has 0 aliphatic carbocycles. The Hall–Kier alpha value is -1.18. The summed E-state index contributed by atoms with van der Waals surface area (Å²) in [5, 5.41) is 0.641. The molecule has 0 N–H and O–H groups in total. The smallest absolute Gasteiger partial charge is 0.133 e. The van der Waals surface area contributed by atoms with Gasteiger partial charge in [0.05, 0.1) is 5.88 Å². The normalized spacial score (nSPS) is 10.3. The molecule has 0 saturated carbocycles. The molecule has 0 aromatic heterocycles. The number of hydrogen-bond acceptors (Lipinski definition) is 1. The van der Waals surface area contributed by atoms with Gasteiger partial charge in [-0.05, 0) is 30.7 Å². The molecule has 0 unspecified atom stereocenters. The molecule has 0 saturated heterocycles.